The maximum atomic E-state index is 4.20. The van der Waals surface area contributed by atoms with Crippen LogP contribution >= 0.6 is 12.6 Å². The van der Waals surface area contributed by atoms with Crippen LogP contribution in [-0.4, -0.2) is 32.1 Å². The van der Waals surface area contributed by atoms with Crippen molar-refractivity contribution < 1.29 is 0 Å². The molecule has 0 aliphatic carbocycles. The molecule has 1 aliphatic heterocycles. The van der Waals surface area contributed by atoms with E-state index in [1.807, 2.05) is 0 Å². The number of fused-ring (bicyclic) bond motifs is 1. The fourth-order valence-corrected chi connectivity index (χ4v) is 1.48. The highest BCUT2D eigenvalue weighted by atomic mass is 32.1. The molecule has 0 unspecified atom stereocenters. The van der Waals surface area contributed by atoms with E-state index in [2.05, 4.69) is 32.3 Å². The smallest absolute Gasteiger partial charge is 0.147 e. The molecule has 0 N–H and O–H groups in total. The zero-order chi connectivity index (χ0) is 7.68. The predicted octanol–water partition coefficient (Wildman–Crippen LogP) is -0.0190. The molecule has 0 saturated carbocycles. The zero-order valence-corrected chi connectivity index (χ0v) is 7.04. The third-order valence-corrected chi connectivity index (χ3v) is 2.32. The largest absolute Gasteiger partial charge is 0.315 e. The van der Waals surface area contributed by atoms with Crippen molar-refractivity contribution >= 4 is 12.6 Å². The van der Waals surface area contributed by atoms with Gasteiger partial charge in [0.25, 0.3) is 0 Å². The molecule has 0 aromatic carbocycles. The summed E-state index contributed by atoms with van der Waals surface area (Å²) in [7, 11) is 0. The SMILES string of the molecule is SCN1CCn2cnnc2C1. The van der Waals surface area contributed by atoms with Gasteiger partial charge in [0.05, 0.1) is 6.54 Å². The van der Waals surface area contributed by atoms with Crippen LogP contribution in [0.4, 0.5) is 0 Å². The van der Waals surface area contributed by atoms with E-state index in [9.17, 15) is 0 Å². The standard InChI is InChI=1S/C6H10N4S/c11-5-9-1-2-10-4-7-8-6(10)3-9/h4,11H,1-3,5H2. The number of thiol groups is 1. The van der Waals surface area contributed by atoms with Gasteiger partial charge >= 0.3 is 0 Å². The third-order valence-electron chi connectivity index (χ3n) is 1.92. The molecule has 2 heterocycles. The Morgan fingerprint density at radius 1 is 1.55 bits per heavy atom. The molecule has 60 valence electrons. The van der Waals surface area contributed by atoms with Crippen molar-refractivity contribution in [3.8, 4) is 0 Å². The Hall–Kier alpha value is -0.550. The molecule has 0 atom stereocenters. The van der Waals surface area contributed by atoms with Gasteiger partial charge in [-0.25, -0.2) is 0 Å². The normalized spacial score (nSPS) is 18.3. The fourth-order valence-electron chi connectivity index (χ4n) is 1.24. The lowest BCUT2D eigenvalue weighted by molar-refractivity contribution is 0.254. The first-order valence-electron chi connectivity index (χ1n) is 3.60. The predicted molar refractivity (Wildman–Crippen MR) is 44.3 cm³/mol. The van der Waals surface area contributed by atoms with Crippen LogP contribution < -0.4 is 0 Å². The molecule has 5 heteroatoms. The van der Waals surface area contributed by atoms with Gasteiger partial charge in [0.2, 0.25) is 0 Å². The number of nitrogens with zero attached hydrogens (tertiary/aromatic N) is 4. The molecular formula is C6H10N4S. The molecule has 2 rings (SSSR count). The second-order valence-corrected chi connectivity index (χ2v) is 2.92. The lowest BCUT2D eigenvalue weighted by Crippen LogP contribution is -2.32. The second-order valence-electron chi connectivity index (χ2n) is 2.63. The Labute approximate surface area is 70.6 Å². The van der Waals surface area contributed by atoms with Crippen LogP contribution in [0.1, 0.15) is 5.82 Å². The van der Waals surface area contributed by atoms with Crippen LogP contribution in [-0.2, 0) is 13.1 Å². The summed E-state index contributed by atoms with van der Waals surface area (Å²) in [4.78, 5) is 2.23. The van der Waals surface area contributed by atoms with E-state index in [1.54, 1.807) is 6.33 Å². The average molecular weight is 170 g/mol. The molecule has 0 saturated heterocycles. The zero-order valence-electron chi connectivity index (χ0n) is 6.14. The maximum Gasteiger partial charge on any atom is 0.147 e. The van der Waals surface area contributed by atoms with Gasteiger partial charge in [0, 0.05) is 19.0 Å². The summed E-state index contributed by atoms with van der Waals surface area (Å²) in [6.45, 7) is 2.92. The summed E-state index contributed by atoms with van der Waals surface area (Å²) in [5, 5.41) is 7.83. The van der Waals surface area contributed by atoms with Gasteiger partial charge in [-0.05, 0) is 0 Å². The summed E-state index contributed by atoms with van der Waals surface area (Å²) in [6.07, 6.45) is 1.78. The average Bonchev–Trinajstić information content (AvgIpc) is 2.50. The Balaban J connectivity index is 2.18. The molecular weight excluding hydrogens is 160 g/mol. The molecule has 11 heavy (non-hydrogen) atoms. The van der Waals surface area contributed by atoms with Crippen LogP contribution in [0.15, 0.2) is 6.33 Å². The first kappa shape index (κ1) is 7.12. The van der Waals surface area contributed by atoms with Crippen molar-refractivity contribution in [1.82, 2.24) is 19.7 Å². The second kappa shape index (κ2) is 2.83. The summed E-state index contributed by atoms with van der Waals surface area (Å²) in [6, 6.07) is 0. The van der Waals surface area contributed by atoms with Gasteiger partial charge in [0.1, 0.15) is 12.2 Å². The lowest BCUT2D eigenvalue weighted by atomic mass is 10.4. The highest BCUT2D eigenvalue weighted by molar-refractivity contribution is 7.80. The highest BCUT2D eigenvalue weighted by Crippen LogP contribution is 2.08. The van der Waals surface area contributed by atoms with Crippen molar-refractivity contribution in [2.24, 2.45) is 0 Å². The van der Waals surface area contributed by atoms with E-state index in [0.717, 1.165) is 31.3 Å². The van der Waals surface area contributed by atoms with Crippen LogP contribution in [0, 0.1) is 0 Å². The van der Waals surface area contributed by atoms with Crippen molar-refractivity contribution in [2.75, 3.05) is 12.4 Å². The Bertz CT molecular complexity index is 246. The van der Waals surface area contributed by atoms with Gasteiger partial charge in [-0.3, -0.25) is 4.90 Å². The fraction of sp³-hybridized carbons (Fsp3) is 0.667. The van der Waals surface area contributed by atoms with E-state index in [1.165, 1.54) is 0 Å². The van der Waals surface area contributed by atoms with Crippen molar-refractivity contribution in [1.29, 1.82) is 0 Å². The maximum absolute atomic E-state index is 4.20. The molecule has 1 aromatic heterocycles. The quantitative estimate of drug-likeness (QED) is 0.601. The van der Waals surface area contributed by atoms with E-state index in [-0.39, 0.29) is 0 Å². The monoisotopic (exact) mass is 170 g/mol. The number of aromatic nitrogens is 3. The van der Waals surface area contributed by atoms with Gasteiger partial charge in [0.15, 0.2) is 0 Å². The van der Waals surface area contributed by atoms with Crippen molar-refractivity contribution in [2.45, 2.75) is 13.1 Å². The van der Waals surface area contributed by atoms with E-state index < -0.39 is 0 Å². The third kappa shape index (κ3) is 1.25. The van der Waals surface area contributed by atoms with E-state index in [0.29, 0.717) is 0 Å². The van der Waals surface area contributed by atoms with Crippen molar-refractivity contribution in [3.63, 3.8) is 0 Å². The lowest BCUT2D eigenvalue weighted by Gasteiger charge is -2.24. The van der Waals surface area contributed by atoms with Gasteiger partial charge in [-0.15, -0.1) is 10.2 Å². The van der Waals surface area contributed by atoms with Gasteiger partial charge in [-0.2, -0.15) is 12.6 Å². The van der Waals surface area contributed by atoms with E-state index >= 15 is 0 Å². The number of hydrogen-bond acceptors (Lipinski definition) is 4. The van der Waals surface area contributed by atoms with Gasteiger partial charge in [-0.1, -0.05) is 0 Å². The minimum Gasteiger partial charge on any atom is -0.315 e. The molecule has 0 fully saturated rings. The van der Waals surface area contributed by atoms with Crippen molar-refractivity contribution in [3.05, 3.63) is 12.2 Å². The minimum atomic E-state index is 0.798. The van der Waals surface area contributed by atoms with E-state index in [4.69, 9.17) is 0 Å². The number of rotatable bonds is 1. The highest BCUT2D eigenvalue weighted by Gasteiger charge is 2.15. The molecule has 0 bridgehead atoms. The molecule has 0 spiro atoms. The summed E-state index contributed by atoms with van der Waals surface area (Å²) in [5.74, 6) is 1.85. The van der Waals surface area contributed by atoms with Crippen LogP contribution in [0.5, 0.6) is 0 Å². The van der Waals surface area contributed by atoms with Gasteiger partial charge < -0.3 is 4.57 Å². The summed E-state index contributed by atoms with van der Waals surface area (Å²) >= 11 is 4.20. The summed E-state index contributed by atoms with van der Waals surface area (Å²) < 4.78 is 2.08. The minimum absolute atomic E-state index is 0.798. The van der Waals surface area contributed by atoms with Crippen LogP contribution in [0.3, 0.4) is 0 Å². The summed E-state index contributed by atoms with van der Waals surface area (Å²) in [5.41, 5.74) is 0. The molecule has 1 aliphatic rings. The topological polar surface area (TPSA) is 34.0 Å². The van der Waals surface area contributed by atoms with Crippen LogP contribution in [0.2, 0.25) is 0 Å². The first-order valence-corrected chi connectivity index (χ1v) is 4.23. The Morgan fingerprint density at radius 2 is 2.45 bits per heavy atom. The Kier molecular flexibility index (Phi) is 1.83. The Morgan fingerprint density at radius 3 is 3.27 bits per heavy atom. The number of hydrogen-bond donors (Lipinski definition) is 1. The molecule has 1 aromatic rings. The molecule has 4 nitrogen and oxygen atoms in total. The molecule has 0 radical (unpaired) electrons. The van der Waals surface area contributed by atoms with Crippen LogP contribution in [0.25, 0.3) is 0 Å². The first-order chi connectivity index (χ1) is 5.40. The molecule has 0 amide bonds.